The molecule has 5 nitrogen and oxygen atoms in total. The van der Waals surface area contributed by atoms with Crippen molar-refractivity contribution in [3.05, 3.63) is 36.4 Å². The van der Waals surface area contributed by atoms with Gasteiger partial charge in [0.25, 0.3) is 0 Å². The molecule has 0 radical (unpaired) electrons. The average Bonchev–Trinajstić information content (AvgIpc) is 2.38. The summed E-state index contributed by atoms with van der Waals surface area (Å²) >= 11 is 0. The van der Waals surface area contributed by atoms with Crippen LogP contribution < -0.4 is 9.47 Å². The zero-order valence-electron chi connectivity index (χ0n) is 10.2. The molecule has 5 heteroatoms. The normalized spacial score (nSPS) is 10.1. The first-order chi connectivity index (χ1) is 8.65. The minimum absolute atomic E-state index is 0.261. The van der Waals surface area contributed by atoms with Gasteiger partial charge in [-0.2, -0.15) is 0 Å². The molecule has 0 unspecified atom stereocenters. The van der Waals surface area contributed by atoms with Crippen molar-refractivity contribution in [1.82, 2.24) is 0 Å². The number of methoxy groups -OCH3 is 1. The van der Waals surface area contributed by atoms with Crippen molar-refractivity contribution in [3.63, 3.8) is 0 Å². The van der Waals surface area contributed by atoms with Crippen molar-refractivity contribution in [1.29, 1.82) is 0 Å². The van der Waals surface area contributed by atoms with Crippen LogP contribution in [0.5, 0.6) is 11.5 Å². The molecule has 0 bridgehead atoms. The van der Waals surface area contributed by atoms with E-state index < -0.39 is 11.9 Å². The topological polar surface area (TPSA) is 61.8 Å². The number of esters is 2. The summed E-state index contributed by atoms with van der Waals surface area (Å²) in [6, 6.07) is 6.51. The molecule has 0 saturated heterocycles. The van der Waals surface area contributed by atoms with Gasteiger partial charge in [-0.05, 0) is 31.2 Å². The number of carbonyl (C=O) groups is 2. The zero-order chi connectivity index (χ0) is 13.4. The number of hydrogen-bond acceptors (Lipinski definition) is 5. The molecule has 0 aromatic heterocycles. The molecule has 0 aliphatic rings. The van der Waals surface area contributed by atoms with Crippen LogP contribution in [-0.4, -0.2) is 25.7 Å². The van der Waals surface area contributed by atoms with E-state index >= 15 is 0 Å². The molecule has 1 aromatic rings. The summed E-state index contributed by atoms with van der Waals surface area (Å²) in [5.41, 5.74) is 0. The number of ether oxygens (including phenoxy) is 3. The van der Waals surface area contributed by atoms with Crippen molar-refractivity contribution < 1.29 is 23.8 Å². The summed E-state index contributed by atoms with van der Waals surface area (Å²) in [6.07, 6.45) is 2.04. The summed E-state index contributed by atoms with van der Waals surface area (Å²) < 4.78 is 14.5. The molecule has 0 atom stereocenters. The van der Waals surface area contributed by atoms with E-state index in [-0.39, 0.29) is 6.61 Å². The second-order valence-electron chi connectivity index (χ2n) is 3.18. The van der Waals surface area contributed by atoms with Crippen LogP contribution in [0, 0.1) is 0 Å². The lowest BCUT2D eigenvalue weighted by molar-refractivity contribution is -0.138. The standard InChI is InChI=1S/C13H14O5/c1-3-17-12(14)8-9-13(15)18-11-6-4-10(16-2)5-7-11/h4-9H,3H2,1-2H3/b9-8+. The highest BCUT2D eigenvalue weighted by molar-refractivity contribution is 5.92. The van der Waals surface area contributed by atoms with Gasteiger partial charge in [-0.3, -0.25) is 0 Å². The van der Waals surface area contributed by atoms with E-state index in [2.05, 4.69) is 4.74 Å². The van der Waals surface area contributed by atoms with Crippen molar-refractivity contribution in [2.45, 2.75) is 6.92 Å². The lowest BCUT2D eigenvalue weighted by atomic mass is 10.3. The van der Waals surface area contributed by atoms with Crippen molar-refractivity contribution in [2.24, 2.45) is 0 Å². The van der Waals surface area contributed by atoms with Crippen LogP contribution in [0.2, 0.25) is 0 Å². The van der Waals surface area contributed by atoms with Gasteiger partial charge in [0, 0.05) is 12.2 Å². The van der Waals surface area contributed by atoms with E-state index in [1.165, 1.54) is 0 Å². The zero-order valence-corrected chi connectivity index (χ0v) is 10.2. The summed E-state index contributed by atoms with van der Waals surface area (Å²) in [4.78, 5) is 22.3. The van der Waals surface area contributed by atoms with Gasteiger partial charge in [0.05, 0.1) is 13.7 Å². The number of carbonyl (C=O) groups excluding carboxylic acids is 2. The molecule has 0 saturated carbocycles. The second-order valence-corrected chi connectivity index (χ2v) is 3.18. The van der Waals surface area contributed by atoms with E-state index in [1.54, 1.807) is 38.3 Å². The number of benzene rings is 1. The van der Waals surface area contributed by atoms with E-state index in [0.29, 0.717) is 11.5 Å². The molecule has 0 aliphatic carbocycles. The molecule has 18 heavy (non-hydrogen) atoms. The van der Waals surface area contributed by atoms with Crippen LogP contribution in [0.1, 0.15) is 6.92 Å². The Morgan fingerprint density at radius 3 is 2.17 bits per heavy atom. The van der Waals surface area contributed by atoms with Crippen LogP contribution in [-0.2, 0) is 14.3 Å². The summed E-state index contributed by atoms with van der Waals surface area (Å²) in [6.45, 7) is 1.94. The maximum atomic E-state index is 11.3. The SMILES string of the molecule is CCOC(=O)/C=C/C(=O)Oc1ccc(OC)cc1. The van der Waals surface area contributed by atoms with Crippen LogP contribution in [0.25, 0.3) is 0 Å². The first kappa shape index (κ1) is 13.8. The van der Waals surface area contributed by atoms with Gasteiger partial charge in [0.2, 0.25) is 0 Å². The van der Waals surface area contributed by atoms with Gasteiger partial charge < -0.3 is 14.2 Å². The minimum atomic E-state index is -0.645. The van der Waals surface area contributed by atoms with Crippen LogP contribution >= 0.6 is 0 Å². The molecule has 0 aliphatic heterocycles. The van der Waals surface area contributed by atoms with Crippen LogP contribution in [0.15, 0.2) is 36.4 Å². The molecule has 0 amide bonds. The van der Waals surface area contributed by atoms with Gasteiger partial charge >= 0.3 is 11.9 Å². The predicted octanol–water partition coefficient (Wildman–Crippen LogP) is 1.72. The fourth-order valence-electron chi connectivity index (χ4n) is 1.12. The summed E-state index contributed by atoms with van der Waals surface area (Å²) in [7, 11) is 1.54. The van der Waals surface area contributed by atoms with Crippen molar-refractivity contribution in [2.75, 3.05) is 13.7 Å². The third-order valence-corrected chi connectivity index (χ3v) is 1.92. The van der Waals surface area contributed by atoms with E-state index in [4.69, 9.17) is 9.47 Å². The third-order valence-electron chi connectivity index (χ3n) is 1.92. The Morgan fingerprint density at radius 2 is 1.61 bits per heavy atom. The van der Waals surface area contributed by atoms with Gasteiger partial charge in [-0.15, -0.1) is 0 Å². The fraction of sp³-hybridized carbons (Fsp3) is 0.231. The van der Waals surface area contributed by atoms with E-state index in [0.717, 1.165) is 12.2 Å². The van der Waals surface area contributed by atoms with Crippen molar-refractivity contribution in [3.8, 4) is 11.5 Å². The molecule has 0 heterocycles. The number of hydrogen-bond donors (Lipinski definition) is 0. The quantitative estimate of drug-likeness (QED) is 0.452. The van der Waals surface area contributed by atoms with Crippen LogP contribution in [0.4, 0.5) is 0 Å². The predicted molar refractivity (Wildman–Crippen MR) is 64.4 cm³/mol. The molecule has 0 spiro atoms. The molecule has 0 fully saturated rings. The molecular weight excluding hydrogens is 236 g/mol. The van der Waals surface area contributed by atoms with Gasteiger partial charge in [-0.25, -0.2) is 9.59 Å². The molecule has 96 valence electrons. The van der Waals surface area contributed by atoms with E-state index in [9.17, 15) is 9.59 Å². The van der Waals surface area contributed by atoms with Gasteiger partial charge in [-0.1, -0.05) is 0 Å². The molecule has 0 N–H and O–H groups in total. The summed E-state index contributed by atoms with van der Waals surface area (Å²) in [5, 5.41) is 0. The van der Waals surface area contributed by atoms with Gasteiger partial charge in [0.1, 0.15) is 11.5 Å². The largest absolute Gasteiger partial charge is 0.497 e. The lowest BCUT2D eigenvalue weighted by Crippen LogP contribution is -2.06. The Balaban J connectivity index is 2.51. The molecule has 1 aromatic carbocycles. The molecular formula is C13H14O5. The van der Waals surface area contributed by atoms with Crippen molar-refractivity contribution >= 4 is 11.9 Å². The first-order valence-corrected chi connectivity index (χ1v) is 5.36. The minimum Gasteiger partial charge on any atom is -0.497 e. The highest BCUT2D eigenvalue weighted by atomic mass is 16.5. The maximum absolute atomic E-state index is 11.3. The van der Waals surface area contributed by atoms with Crippen LogP contribution in [0.3, 0.4) is 0 Å². The monoisotopic (exact) mass is 250 g/mol. The Bertz CT molecular complexity index is 433. The number of rotatable bonds is 5. The molecule has 1 rings (SSSR count). The van der Waals surface area contributed by atoms with E-state index in [1.807, 2.05) is 0 Å². The van der Waals surface area contributed by atoms with Gasteiger partial charge in [0.15, 0.2) is 0 Å². The Hall–Kier alpha value is -2.30. The Labute approximate surface area is 105 Å². The highest BCUT2D eigenvalue weighted by Crippen LogP contribution is 2.17. The first-order valence-electron chi connectivity index (χ1n) is 5.36. The lowest BCUT2D eigenvalue weighted by Gasteiger charge is -2.02. The smallest absolute Gasteiger partial charge is 0.336 e. The average molecular weight is 250 g/mol. The highest BCUT2D eigenvalue weighted by Gasteiger charge is 2.02. The Morgan fingerprint density at radius 1 is 1.06 bits per heavy atom. The second kappa shape index (κ2) is 7.11. The fourth-order valence-corrected chi connectivity index (χ4v) is 1.12. The maximum Gasteiger partial charge on any atom is 0.336 e. The third kappa shape index (κ3) is 4.69. The summed E-state index contributed by atoms with van der Waals surface area (Å²) in [5.74, 6) is -0.191. The Kier molecular flexibility index (Phi) is 5.44.